The fraction of sp³-hybridized carbons (Fsp3) is 0.120. The second-order valence-corrected chi connectivity index (χ2v) is 6.42. The highest BCUT2D eigenvalue weighted by molar-refractivity contribution is 6.14. The third-order valence-corrected chi connectivity index (χ3v) is 4.29. The molecule has 4 nitrogen and oxygen atoms in total. The van der Waals surface area contributed by atoms with Crippen LogP contribution in [-0.2, 0) is 6.61 Å². The molecule has 0 unspecified atom stereocenters. The highest BCUT2D eigenvalue weighted by Gasteiger charge is 2.13. The van der Waals surface area contributed by atoms with Crippen LogP contribution in [0.3, 0.4) is 0 Å². The van der Waals surface area contributed by atoms with Crippen molar-refractivity contribution in [3.05, 3.63) is 101 Å². The molecule has 0 aliphatic rings. The molecule has 0 aliphatic heterocycles. The van der Waals surface area contributed by atoms with E-state index in [-0.39, 0.29) is 23.8 Å². The standard InChI is InChI=1S/C25H20FNO3/c1-2-29-24-15-19(14-21(16-27)25(28)20-6-4-3-5-7-20)10-13-23(24)30-17-18-8-11-22(26)12-9-18/h3-15H,2,17H2,1H3/b21-14+. The van der Waals surface area contributed by atoms with Crippen LogP contribution in [0.2, 0.25) is 0 Å². The van der Waals surface area contributed by atoms with E-state index in [1.165, 1.54) is 18.2 Å². The number of halogens is 1. The van der Waals surface area contributed by atoms with Crippen molar-refractivity contribution in [2.75, 3.05) is 6.61 Å². The summed E-state index contributed by atoms with van der Waals surface area (Å²) < 4.78 is 24.5. The first-order valence-electron chi connectivity index (χ1n) is 9.46. The highest BCUT2D eigenvalue weighted by Crippen LogP contribution is 2.30. The van der Waals surface area contributed by atoms with E-state index in [0.717, 1.165) is 5.56 Å². The van der Waals surface area contributed by atoms with Gasteiger partial charge in [-0.25, -0.2) is 4.39 Å². The molecular weight excluding hydrogens is 381 g/mol. The number of hydrogen-bond donors (Lipinski definition) is 0. The van der Waals surface area contributed by atoms with Crippen LogP contribution in [0, 0.1) is 17.1 Å². The Balaban J connectivity index is 1.82. The molecule has 150 valence electrons. The third kappa shape index (κ3) is 5.33. The number of carbonyl (C=O) groups is 1. The topological polar surface area (TPSA) is 59.3 Å². The van der Waals surface area contributed by atoms with E-state index in [0.29, 0.717) is 29.2 Å². The number of carbonyl (C=O) groups excluding carboxylic acids is 1. The summed E-state index contributed by atoms with van der Waals surface area (Å²) in [5.74, 6) is 0.375. The Hall–Kier alpha value is -3.91. The van der Waals surface area contributed by atoms with Gasteiger partial charge in [0.1, 0.15) is 24.1 Å². The van der Waals surface area contributed by atoms with Gasteiger partial charge in [-0.1, -0.05) is 48.5 Å². The minimum Gasteiger partial charge on any atom is -0.490 e. The zero-order valence-corrected chi connectivity index (χ0v) is 16.5. The largest absolute Gasteiger partial charge is 0.490 e. The maximum atomic E-state index is 13.0. The van der Waals surface area contributed by atoms with E-state index in [2.05, 4.69) is 0 Å². The zero-order valence-electron chi connectivity index (χ0n) is 16.5. The van der Waals surface area contributed by atoms with Gasteiger partial charge in [0.25, 0.3) is 0 Å². The van der Waals surface area contributed by atoms with Crippen molar-refractivity contribution in [1.82, 2.24) is 0 Å². The zero-order chi connectivity index (χ0) is 21.3. The van der Waals surface area contributed by atoms with Gasteiger partial charge in [-0.05, 0) is 48.4 Å². The SMILES string of the molecule is CCOc1cc(/C=C(\C#N)C(=O)c2ccccc2)ccc1OCc1ccc(F)cc1. The first kappa shape index (κ1) is 20.8. The second kappa shape index (κ2) is 10.0. The molecule has 0 N–H and O–H groups in total. The fourth-order valence-electron chi connectivity index (χ4n) is 2.80. The predicted molar refractivity (Wildman–Crippen MR) is 113 cm³/mol. The number of nitrogens with zero attached hydrogens (tertiary/aromatic N) is 1. The highest BCUT2D eigenvalue weighted by atomic mass is 19.1. The number of ketones is 1. The molecule has 3 aromatic rings. The van der Waals surface area contributed by atoms with Gasteiger partial charge < -0.3 is 9.47 Å². The van der Waals surface area contributed by atoms with Crippen molar-refractivity contribution in [2.45, 2.75) is 13.5 Å². The number of benzene rings is 3. The Kier molecular flexibility index (Phi) is 6.96. The van der Waals surface area contributed by atoms with Gasteiger partial charge in [-0.15, -0.1) is 0 Å². The van der Waals surface area contributed by atoms with E-state index in [9.17, 15) is 14.4 Å². The van der Waals surface area contributed by atoms with Crippen LogP contribution in [0.15, 0.2) is 78.4 Å². The minimum atomic E-state index is -0.340. The van der Waals surface area contributed by atoms with Crippen molar-refractivity contribution < 1.29 is 18.7 Å². The predicted octanol–water partition coefficient (Wildman–Crippen LogP) is 5.59. The number of hydrogen-bond acceptors (Lipinski definition) is 4. The monoisotopic (exact) mass is 401 g/mol. The molecule has 0 atom stereocenters. The molecule has 3 aromatic carbocycles. The molecular formula is C25H20FNO3. The lowest BCUT2D eigenvalue weighted by atomic mass is 10.0. The van der Waals surface area contributed by atoms with E-state index >= 15 is 0 Å². The van der Waals surface area contributed by atoms with E-state index in [1.807, 2.05) is 19.1 Å². The second-order valence-electron chi connectivity index (χ2n) is 6.42. The van der Waals surface area contributed by atoms with Crippen molar-refractivity contribution in [3.63, 3.8) is 0 Å². The van der Waals surface area contributed by atoms with Crippen LogP contribution in [-0.4, -0.2) is 12.4 Å². The Morgan fingerprint density at radius 2 is 1.73 bits per heavy atom. The summed E-state index contributed by atoms with van der Waals surface area (Å²) in [4.78, 5) is 12.6. The molecule has 5 heteroatoms. The summed E-state index contributed by atoms with van der Waals surface area (Å²) in [6, 6.07) is 21.9. The molecule has 0 spiro atoms. The molecule has 0 aromatic heterocycles. The summed E-state index contributed by atoms with van der Waals surface area (Å²) in [5.41, 5.74) is 1.95. The van der Waals surface area contributed by atoms with Crippen LogP contribution in [0.4, 0.5) is 4.39 Å². The number of rotatable bonds is 8. The minimum absolute atomic E-state index is 0.0311. The van der Waals surface area contributed by atoms with Crippen LogP contribution in [0.25, 0.3) is 6.08 Å². The summed E-state index contributed by atoms with van der Waals surface area (Å²) in [6.45, 7) is 2.53. The van der Waals surface area contributed by atoms with Gasteiger partial charge >= 0.3 is 0 Å². The number of nitriles is 1. The number of ether oxygens (including phenoxy) is 2. The maximum absolute atomic E-state index is 13.0. The lowest BCUT2D eigenvalue weighted by molar-refractivity contribution is 0.104. The lowest BCUT2D eigenvalue weighted by Gasteiger charge is -2.13. The molecule has 3 rings (SSSR count). The normalized spacial score (nSPS) is 10.9. The molecule has 0 bridgehead atoms. The van der Waals surface area contributed by atoms with Gasteiger partial charge in [-0.2, -0.15) is 5.26 Å². The van der Waals surface area contributed by atoms with E-state index in [4.69, 9.17) is 9.47 Å². The molecule has 0 amide bonds. The number of allylic oxidation sites excluding steroid dienone is 1. The first-order chi connectivity index (χ1) is 14.6. The Morgan fingerprint density at radius 1 is 1.00 bits per heavy atom. The molecule has 0 aliphatic carbocycles. The smallest absolute Gasteiger partial charge is 0.203 e. The molecule has 0 radical (unpaired) electrons. The summed E-state index contributed by atoms with van der Waals surface area (Å²) in [7, 11) is 0. The average Bonchev–Trinajstić information content (AvgIpc) is 2.78. The lowest BCUT2D eigenvalue weighted by Crippen LogP contribution is -2.02. The summed E-state index contributed by atoms with van der Waals surface area (Å²) >= 11 is 0. The Bertz CT molecular complexity index is 1080. The maximum Gasteiger partial charge on any atom is 0.203 e. The van der Waals surface area contributed by atoms with Gasteiger partial charge in [0.2, 0.25) is 5.78 Å². The summed E-state index contributed by atoms with van der Waals surface area (Å²) in [5, 5.41) is 9.45. The van der Waals surface area contributed by atoms with Crippen LogP contribution >= 0.6 is 0 Å². The van der Waals surface area contributed by atoms with Crippen molar-refractivity contribution in [3.8, 4) is 17.6 Å². The molecule has 0 fully saturated rings. The first-order valence-corrected chi connectivity index (χ1v) is 9.46. The van der Waals surface area contributed by atoms with Gasteiger partial charge in [-0.3, -0.25) is 4.79 Å². The van der Waals surface area contributed by atoms with Gasteiger partial charge in [0.05, 0.1) is 6.61 Å². The van der Waals surface area contributed by atoms with E-state index < -0.39 is 0 Å². The van der Waals surface area contributed by atoms with Gasteiger partial charge in [0, 0.05) is 5.56 Å². The van der Waals surface area contributed by atoms with Crippen molar-refractivity contribution in [2.24, 2.45) is 0 Å². The molecule has 0 heterocycles. The van der Waals surface area contributed by atoms with Crippen molar-refractivity contribution >= 4 is 11.9 Å². The molecule has 0 saturated heterocycles. The Labute approximate surface area is 174 Å². The quantitative estimate of drug-likeness (QED) is 0.280. The van der Waals surface area contributed by atoms with Crippen LogP contribution < -0.4 is 9.47 Å². The average molecular weight is 401 g/mol. The Morgan fingerprint density at radius 3 is 2.40 bits per heavy atom. The van der Waals surface area contributed by atoms with Crippen LogP contribution in [0.1, 0.15) is 28.4 Å². The van der Waals surface area contributed by atoms with Crippen LogP contribution in [0.5, 0.6) is 11.5 Å². The van der Waals surface area contributed by atoms with Gasteiger partial charge in [0.15, 0.2) is 11.5 Å². The molecule has 30 heavy (non-hydrogen) atoms. The number of Topliss-reactive ketones (excluding diaryl/α,β-unsaturated/α-hetero) is 1. The van der Waals surface area contributed by atoms with E-state index in [1.54, 1.807) is 54.6 Å². The molecule has 0 saturated carbocycles. The summed E-state index contributed by atoms with van der Waals surface area (Å²) in [6.07, 6.45) is 1.53. The fourth-order valence-corrected chi connectivity index (χ4v) is 2.80. The van der Waals surface area contributed by atoms with Crippen molar-refractivity contribution in [1.29, 1.82) is 5.26 Å². The third-order valence-electron chi connectivity index (χ3n) is 4.29.